The number of aliphatic hydroxyl groups is 1. The van der Waals surface area contributed by atoms with Gasteiger partial charge in [0.25, 0.3) is 0 Å². The molecule has 0 saturated carbocycles. The van der Waals surface area contributed by atoms with Crippen molar-refractivity contribution in [1.29, 1.82) is 0 Å². The zero-order chi connectivity index (χ0) is 31.5. The Morgan fingerprint density at radius 1 is 0.575 bits per heavy atom. The number of nitrogens with one attached hydrogen (secondary N) is 4. The monoisotopic (exact) mass is 574 g/mol. The Labute approximate surface area is 235 Å². The largest absolute Gasteiger partial charge is 0.444 e. The van der Waals surface area contributed by atoms with Crippen LogP contribution in [0.2, 0.25) is 0 Å². The first-order valence-corrected chi connectivity index (χ1v) is 12.6. The van der Waals surface area contributed by atoms with Gasteiger partial charge in [0.2, 0.25) is 11.9 Å². The third kappa shape index (κ3) is 21.3. The molecule has 0 spiro atoms. The molecule has 0 bridgehead atoms. The minimum absolute atomic E-state index is 0.253. The molecule has 0 aliphatic carbocycles. The van der Waals surface area contributed by atoms with Crippen LogP contribution in [0.1, 0.15) is 83.1 Å². The summed E-state index contributed by atoms with van der Waals surface area (Å²) in [6.45, 7) is 19.3. The summed E-state index contributed by atoms with van der Waals surface area (Å²) in [5, 5.41) is 20.3. The number of rotatable bonds is 4. The lowest BCUT2D eigenvalue weighted by Gasteiger charge is -2.22. The topological polar surface area (TPSA) is 198 Å². The van der Waals surface area contributed by atoms with E-state index in [4.69, 9.17) is 18.9 Å². The molecule has 0 fully saturated rings. The zero-order valence-corrected chi connectivity index (χ0v) is 25.6. The maximum atomic E-state index is 12.2. The number of carbonyl (C=O) groups excluding carboxylic acids is 4. The lowest BCUT2D eigenvalue weighted by molar-refractivity contribution is 0.0543. The second-order valence-corrected chi connectivity index (χ2v) is 12.6. The van der Waals surface area contributed by atoms with Crippen molar-refractivity contribution in [2.24, 2.45) is 9.98 Å². The summed E-state index contributed by atoms with van der Waals surface area (Å²) in [7, 11) is 0. The second-order valence-electron chi connectivity index (χ2n) is 12.6. The number of aliphatic hydroxyl groups excluding tert-OH is 1. The summed E-state index contributed by atoms with van der Waals surface area (Å²) in [6.07, 6.45) is -5.00. The Kier molecular flexibility index (Phi) is 13.3. The van der Waals surface area contributed by atoms with Crippen molar-refractivity contribution in [1.82, 2.24) is 21.3 Å². The highest BCUT2D eigenvalue weighted by Crippen LogP contribution is 2.10. The number of alkyl carbamates (subject to hydrolysis) is 2. The van der Waals surface area contributed by atoms with Crippen LogP contribution in [0.5, 0.6) is 0 Å². The predicted molar refractivity (Wildman–Crippen MR) is 148 cm³/mol. The Morgan fingerprint density at radius 2 is 0.850 bits per heavy atom. The minimum atomic E-state index is -1.21. The SMILES string of the molecule is CC(C)(C)OC(=O)/N=C(/NCC(O)CN/C(=N\C(=O)OC(C)(C)C)NC(=O)OC(C)(C)C)NC(=O)OC(C)(C)C. The number of aliphatic imine (C=N–C) groups is 2. The number of amides is 4. The van der Waals surface area contributed by atoms with Gasteiger partial charge in [0.1, 0.15) is 22.4 Å². The Balaban J connectivity index is 5.51. The summed E-state index contributed by atoms with van der Waals surface area (Å²) >= 11 is 0. The molecule has 1 atom stereocenters. The first-order chi connectivity index (χ1) is 17.8. The number of guanidine groups is 2. The predicted octanol–water partition coefficient (Wildman–Crippen LogP) is 3.16. The lowest BCUT2D eigenvalue weighted by Crippen LogP contribution is -2.50. The molecule has 15 heteroatoms. The molecule has 0 aromatic heterocycles. The van der Waals surface area contributed by atoms with Crippen LogP contribution in [0.3, 0.4) is 0 Å². The van der Waals surface area contributed by atoms with Crippen LogP contribution in [-0.4, -0.2) is 83.0 Å². The van der Waals surface area contributed by atoms with Crippen molar-refractivity contribution in [3.63, 3.8) is 0 Å². The molecule has 40 heavy (non-hydrogen) atoms. The molecule has 0 aromatic rings. The van der Waals surface area contributed by atoms with Gasteiger partial charge >= 0.3 is 24.4 Å². The van der Waals surface area contributed by atoms with Gasteiger partial charge in [-0.1, -0.05) is 0 Å². The second kappa shape index (κ2) is 14.7. The third-order valence-electron chi connectivity index (χ3n) is 3.44. The normalized spacial score (nSPS) is 13.9. The Morgan fingerprint density at radius 3 is 1.10 bits per heavy atom. The van der Waals surface area contributed by atoms with Crippen molar-refractivity contribution in [3.05, 3.63) is 0 Å². The fourth-order valence-electron chi connectivity index (χ4n) is 2.28. The average molecular weight is 575 g/mol. The lowest BCUT2D eigenvalue weighted by atomic mass is 10.2. The maximum Gasteiger partial charge on any atom is 0.437 e. The third-order valence-corrected chi connectivity index (χ3v) is 3.44. The van der Waals surface area contributed by atoms with E-state index in [9.17, 15) is 24.3 Å². The molecule has 0 aromatic carbocycles. The van der Waals surface area contributed by atoms with Crippen LogP contribution in [0.4, 0.5) is 19.2 Å². The zero-order valence-electron chi connectivity index (χ0n) is 25.6. The highest BCUT2D eigenvalue weighted by atomic mass is 16.6. The molecule has 1 unspecified atom stereocenters. The standard InChI is InChI=1S/C25H46N6O9/c1-22(2,3)37-18(33)28-16(29-19(34)38-23(4,5)6)26-13-15(32)14-27-17(30-20(35)39-24(7,8)9)31-21(36)40-25(10,11)12/h15,32H,13-14H2,1-12H3,(H2,26,28,29,33,34)(H2,27,30,31,35,36). The van der Waals surface area contributed by atoms with Crippen LogP contribution in [-0.2, 0) is 18.9 Å². The summed E-state index contributed by atoms with van der Waals surface area (Å²) < 4.78 is 20.6. The van der Waals surface area contributed by atoms with Gasteiger partial charge in [-0.3, -0.25) is 10.6 Å². The van der Waals surface area contributed by atoms with E-state index in [0.29, 0.717) is 0 Å². The molecule has 230 valence electrons. The number of hydrogen-bond acceptors (Lipinski definition) is 9. The molecule has 0 rings (SSSR count). The van der Waals surface area contributed by atoms with E-state index in [1.165, 1.54) is 0 Å². The Bertz CT molecular complexity index is 876. The number of ether oxygens (including phenoxy) is 4. The minimum Gasteiger partial charge on any atom is -0.444 e. The van der Waals surface area contributed by atoms with Crippen LogP contribution >= 0.6 is 0 Å². The summed E-state index contributed by atoms with van der Waals surface area (Å²) in [6, 6.07) is 0. The highest BCUT2D eigenvalue weighted by Gasteiger charge is 2.23. The van der Waals surface area contributed by atoms with E-state index < -0.39 is 52.9 Å². The number of hydrogen-bond donors (Lipinski definition) is 5. The molecule has 0 heterocycles. The van der Waals surface area contributed by atoms with E-state index in [0.717, 1.165) is 0 Å². The highest BCUT2D eigenvalue weighted by molar-refractivity contribution is 5.99. The Hall–Kier alpha value is -3.62. The van der Waals surface area contributed by atoms with Gasteiger partial charge in [-0.15, -0.1) is 9.98 Å². The van der Waals surface area contributed by atoms with Crippen molar-refractivity contribution >= 4 is 36.3 Å². The van der Waals surface area contributed by atoms with Gasteiger partial charge in [0.05, 0.1) is 6.10 Å². The van der Waals surface area contributed by atoms with Crippen LogP contribution in [0.25, 0.3) is 0 Å². The van der Waals surface area contributed by atoms with Gasteiger partial charge in [-0.05, 0) is 83.1 Å². The van der Waals surface area contributed by atoms with Crippen molar-refractivity contribution < 1.29 is 43.2 Å². The fraction of sp³-hybridized carbons (Fsp3) is 0.760. The van der Waals surface area contributed by atoms with Gasteiger partial charge < -0.3 is 34.7 Å². The van der Waals surface area contributed by atoms with Gasteiger partial charge in [-0.25, -0.2) is 19.2 Å². The van der Waals surface area contributed by atoms with Crippen molar-refractivity contribution in [2.45, 2.75) is 112 Å². The smallest absolute Gasteiger partial charge is 0.437 e. The van der Waals surface area contributed by atoms with E-state index >= 15 is 0 Å². The first-order valence-electron chi connectivity index (χ1n) is 12.6. The molecule has 0 aliphatic heterocycles. The molecular formula is C25H46N6O9. The summed E-state index contributed by atoms with van der Waals surface area (Å²) in [5.74, 6) is -0.672. The summed E-state index contributed by atoms with van der Waals surface area (Å²) in [4.78, 5) is 56.1. The van der Waals surface area contributed by atoms with Crippen molar-refractivity contribution in [3.8, 4) is 0 Å². The fourth-order valence-corrected chi connectivity index (χ4v) is 2.28. The average Bonchev–Trinajstić information content (AvgIpc) is 2.64. The number of carbonyl (C=O) groups is 4. The van der Waals surface area contributed by atoms with Crippen LogP contribution in [0, 0.1) is 0 Å². The van der Waals surface area contributed by atoms with Crippen molar-refractivity contribution in [2.75, 3.05) is 13.1 Å². The van der Waals surface area contributed by atoms with E-state index in [-0.39, 0.29) is 25.0 Å². The maximum absolute atomic E-state index is 12.2. The quantitative estimate of drug-likeness (QED) is 0.188. The van der Waals surface area contributed by atoms with E-state index in [1.807, 2.05) is 0 Å². The van der Waals surface area contributed by atoms with Gasteiger partial charge in [-0.2, -0.15) is 0 Å². The number of nitrogens with zero attached hydrogens (tertiary/aromatic N) is 2. The van der Waals surface area contributed by atoms with Crippen LogP contribution < -0.4 is 21.3 Å². The molecular weight excluding hydrogens is 528 g/mol. The first kappa shape index (κ1) is 36.4. The molecule has 0 radical (unpaired) electrons. The molecule has 5 N–H and O–H groups in total. The molecule has 0 saturated heterocycles. The molecule has 0 aliphatic rings. The summed E-state index contributed by atoms with van der Waals surface area (Å²) in [5.41, 5.74) is -3.33. The van der Waals surface area contributed by atoms with E-state index in [1.54, 1.807) is 83.1 Å². The molecule has 15 nitrogen and oxygen atoms in total. The van der Waals surface area contributed by atoms with E-state index in [2.05, 4.69) is 31.3 Å². The van der Waals surface area contributed by atoms with Gasteiger partial charge in [0.15, 0.2) is 0 Å². The van der Waals surface area contributed by atoms with Crippen LogP contribution in [0.15, 0.2) is 9.98 Å². The molecule has 4 amide bonds. The van der Waals surface area contributed by atoms with Gasteiger partial charge in [0, 0.05) is 13.1 Å².